The summed E-state index contributed by atoms with van der Waals surface area (Å²) >= 11 is 0. The maximum atomic E-state index is 13.3. The lowest BCUT2D eigenvalue weighted by atomic mass is 10.3. The van der Waals surface area contributed by atoms with Gasteiger partial charge in [-0.1, -0.05) is 57.1 Å². The first-order chi connectivity index (χ1) is 6.86. The van der Waals surface area contributed by atoms with E-state index in [-0.39, 0.29) is 18.2 Å². The minimum absolute atomic E-state index is 0. The van der Waals surface area contributed by atoms with Gasteiger partial charge in [0.05, 0.1) is 0 Å². The van der Waals surface area contributed by atoms with E-state index < -0.39 is 0 Å². The molecule has 1 atom stereocenters. The molecule has 0 aliphatic heterocycles. The first kappa shape index (κ1) is 12.2. The van der Waals surface area contributed by atoms with E-state index in [4.69, 9.17) is 0 Å². The Kier molecular flexibility index (Phi) is 4.74. The van der Waals surface area contributed by atoms with Gasteiger partial charge in [-0.3, -0.25) is 0 Å². The fourth-order valence-corrected chi connectivity index (χ4v) is 2.29. The highest BCUT2D eigenvalue weighted by molar-refractivity contribution is 7.55. The van der Waals surface area contributed by atoms with E-state index in [0.717, 1.165) is 10.6 Å². The van der Waals surface area contributed by atoms with Gasteiger partial charge in [0, 0.05) is 5.30 Å². The highest BCUT2D eigenvalue weighted by Crippen LogP contribution is 2.11. The van der Waals surface area contributed by atoms with Crippen LogP contribution in [0.4, 0.5) is 4.39 Å². The van der Waals surface area contributed by atoms with E-state index in [2.05, 4.69) is 0 Å². The summed E-state index contributed by atoms with van der Waals surface area (Å²) in [5.74, 6) is -0.116. The van der Waals surface area contributed by atoms with Gasteiger partial charge in [0.1, 0.15) is 5.82 Å². The molecule has 0 spiro atoms. The summed E-state index contributed by atoms with van der Waals surface area (Å²) in [6.45, 7) is 0. The van der Waals surface area contributed by atoms with Crippen LogP contribution >= 0.6 is 21.0 Å². The summed E-state index contributed by atoms with van der Waals surface area (Å²) in [7, 11) is 0.401. The van der Waals surface area contributed by atoms with Gasteiger partial charge in [-0.15, -0.1) is 12.4 Å². The van der Waals surface area contributed by atoms with Crippen LogP contribution < -0.4 is 10.6 Å². The Morgan fingerprint density at radius 3 is 2.07 bits per heavy atom. The van der Waals surface area contributed by atoms with Crippen molar-refractivity contribution in [1.29, 1.82) is 0 Å². The van der Waals surface area contributed by atoms with Crippen molar-refractivity contribution in [1.82, 2.24) is 0 Å². The van der Waals surface area contributed by atoms with Gasteiger partial charge in [0.25, 0.3) is 0 Å². The maximum absolute atomic E-state index is 13.3. The molecule has 0 saturated carbocycles. The van der Waals surface area contributed by atoms with Crippen LogP contribution in [-0.2, 0) is 0 Å². The number of rotatable bonds is 2. The van der Waals surface area contributed by atoms with Gasteiger partial charge in [0.2, 0.25) is 0 Å². The molecule has 2 aromatic rings. The smallest absolute Gasteiger partial charge is 0.130 e. The third-order valence-corrected chi connectivity index (χ3v) is 3.22. The van der Waals surface area contributed by atoms with E-state index in [0.29, 0.717) is 8.58 Å². The van der Waals surface area contributed by atoms with E-state index in [9.17, 15) is 4.39 Å². The first-order valence-corrected chi connectivity index (χ1v) is 5.43. The van der Waals surface area contributed by atoms with E-state index in [1.807, 2.05) is 42.5 Å². The average Bonchev–Trinajstić information content (AvgIpc) is 2.23. The maximum Gasteiger partial charge on any atom is 0.130 e. The van der Waals surface area contributed by atoms with Crippen LogP contribution in [0.5, 0.6) is 0 Å². The third kappa shape index (κ3) is 3.30. The zero-order chi connectivity index (χ0) is 9.80. The van der Waals surface area contributed by atoms with Crippen molar-refractivity contribution in [2.75, 3.05) is 0 Å². The van der Waals surface area contributed by atoms with Gasteiger partial charge in [-0.2, -0.15) is 0 Å². The van der Waals surface area contributed by atoms with Crippen molar-refractivity contribution in [3.8, 4) is 0 Å². The molecular formula is C12H11ClFP. The normalized spacial score (nSPS) is 10.2. The van der Waals surface area contributed by atoms with E-state index >= 15 is 0 Å². The van der Waals surface area contributed by atoms with Crippen molar-refractivity contribution in [2.24, 2.45) is 0 Å². The predicted molar refractivity (Wildman–Crippen MR) is 67.7 cm³/mol. The largest absolute Gasteiger partial charge is 0.206 e. The summed E-state index contributed by atoms with van der Waals surface area (Å²) in [6, 6.07) is 16.9. The fourth-order valence-electron chi connectivity index (χ4n) is 1.24. The summed E-state index contributed by atoms with van der Waals surface area (Å²) in [6.07, 6.45) is 0. The van der Waals surface area contributed by atoms with Crippen LogP contribution in [0.3, 0.4) is 0 Å². The quantitative estimate of drug-likeness (QED) is 0.708. The molecule has 0 radical (unpaired) electrons. The van der Waals surface area contributed by atoms with Crippen LogP contribution in [0.2, 0.25) is 0 Å². The monoisotopic (exact) mass is 240 g/mol. The fraction of sp³-hybridized carbons (Fsp3) is 0. The highest BCUT2D eigenvalue weighted by Gasteiger charge is 2.00. The second kappa shape index (κ2) is 5.85. The van der Waals surface area contributed by atoms with Gasteiger partial charge >= 0.3 is 0 Å². The minimum Gasteiger partial charge on any atom is -0.206 e. The average molecular weight is 241 g/mol. The number of benzene rings is 2. The number of hydrogen-bond acceptors (Lipinski definition) is 0. The van der Waals surface area contributed by atoms with Crippen molar-refractivity contribution < 1.29 is 4.39 Å². The van der Waals surface area contributed by atoms with Crippen LogP contribution in [-0.4, -0.2) is 0 Å². The molecule has 0 fully saturated rings. The van der Waals surface area contributed by atoms with Crippen LogP contribution in [0.25, 0.3) is 0 Å². The molecule has 0 aromatic heterocycles. The molecule has 0 heterocycles. The standard InChI is InChI=1S/C12H10FP.ClH/c13-11-8-4-5-9-12(11)14-10-6-2-1-3-7-10;/h1-9,14H;1H. The Labute approximate surface area is 96.7 Å². The molecule has 0 bridgehead atoms. The van der Waals surface area contributed by atoms with Crippen molar-refractivity contribution in [3.05, 3.63) is 60.4 Å². The molecule has 78 valence electrons. The molecule has 0 saturated heterocycles. The van der Waals surface area contributed by atoms with E-state index in [1.165, 1.54) is 6.07 Å². The second-order valence-corrected chi connectivity index (χ2v) is 4.34. The molecule has 0 amide bonds. The number of halogens is 2. The SMILES string of the molecule is Cl.Fc1ccccc1Pc1ccccc1. The Bertz CT molecular complexity index is 417. The topological polar surface area (TPSA) is 0 Å². The van der Waals surface area contributed by atoms with Gasteiger partial charge < -0.3 is 0 Å². The van der Waals surface area contributed by atoms with Gasteiger partial charge in [-0.05, 0) is 11.4 Å². The molecular weight excluding hydrogens is 230 g/mol. The highest BCUT2D eigenvalue weighted by atomic mass is 35.5. The molecule has 0 aliphatic rings. The van der Waals surface area contributed by atoms with E-state index in [1.54, 1.807) is 6.07 Å². The summed E-state index contributed by atoms with van der Waals surface area (Å²) in [5.41, 5.74) is 0. The van der Waals surface area contributed by atoms with Crippen molar-refractivity contribution >= 4 is 31.6 Å². The third-order valence-electron chi connectivity index (χ3n) is 1.93. The lowest BCUT2D eigenvalue weighted by molar-refractivity contribution is 0.636. The Balaban J connectivity index is 0.00000112. The molecule has 3 heteroatoms. The van der Waals surface area contributed by atoms with Crippen LogP contribution in [0.15, 0.2) is 54.6 Å². The molecule has 0 N–H and O–H groups in total. The van der Waals surface area contributed by atoms with Crippen molar-refractivity contribution in [2.45, 2.75) is 0 Å². The summed E-state index contributed by atoms with van der Waals surface area (Å²) in [4.78, 5) is 0. The lowest BCUT2D eigenvalue weighted by Crippen LogP contribution is -2.06. The second-order valence-electron chi connectivity index (χ2n) is 2.97. The molecule has 0 nitrogen and oxygen atoms in total. The summed E-state index contributed by atoms with van der Waals surface area (Å²) in [5, 5.41) is 1.94. The molecule has 1 unspecified atom stereocenters. The molecule has 2 rings (SSSR count). The molecule has 0 aliphatic carbocycles. The minimum atomic E-state index is -0.116. The number of hydrogen-bond donors (Lipinski definition) is 0. The van der Waals surface area contributed by atoms with Crippen LogP contribution in [0, 0.1) is 5.82 Å². The van der Waals surface area contributed by atoms with Crippen LogP contribution in [0.1, 0.15) is 0 Å². The predicted octanol–water partition coefficient (Wildman–Crippen LogP) is 2.88. The van der Waals surface area contributed by atoms with Crippen molar-refractivity contribution in [3.63, 3.8) is 0 Å². The lowest BCUT2D eigenvalue weighted by Gasteiger charge is -2.02. The zero-order valence-electron chi connectivity index (χ0n) is 7.98. The Morgan fingerprint density at radius 1 is 0.800 bits per heavy atom. The molecule has 15 heavy (non-hydrogen) atoms. The Morgan fingerprint density at radius 2 is 1.40 bits per heavy atom. The molecule has 2 aromatic carbocycles. The Hall–Kier alpha value is -0.910. The first-order valence-electron chi connectivity index (χ1n) is 4.43. The van der Waals surface area contributed by atoms with Gasteiger partial charge in [-0.25, -0.2) is 4.39 Å². The summed E-state index contributed by atoms with van der Waals surface area (Å²) < 4.78 is 13.3. The zero-order valence-corrected chi connectivity index (χ0v) is 9.80. The van der Waals surface area contributed by atoms with Gasteiger partial charge in [0.15, 0.2) is 0 Å².